The van der Waals surface area contributed by atoms with E-state index in [-0.39, 0.29) is 0 Å². The molecule has 0 amide bonds. The van der Waals surface area contributed by atoms with Gasteiger partial charge in [0.25, 0.3) is 0 Å². The van der Waals surface area contributed by atoms with Crippen LogP contribution in [-0.4, -0.2) is 16.5 Å². The first-order valence-electron chi connectivity index (χ1n) is 4.52. The van der Waals surface area contributed by atoms with E-state index >= 15 is 0 Å². The lowest BCUT2D eigenvalue weighted by atomic mass is 10.4. The fourth-order valence-electron chi connectivity index (χ4n) is 1.15. The van der Waals surface area contributed by atoms with Crippen molar-refractivity contribution in [2.75, 3.05) is 12.4 Å². The van der Waals surface area contributed by atoms with E-state index in [0.29, 0.717) is 0 Å². The lowest BCUT2D eigenvalue weighted by molar-refractivity contribution is 0.414. The number of hydrogen-bond donors (Lipinski definition) is 1. The summed E-state index contributed by atoms with van der Waals surface area (Å²) in [6.45, 7) is 0.741. The van der Waals surface area contributed by atoms with Gasteiger partial charge in [0.2, 0.25) is 0 Å². The van der Waals surface area contributed by atoms with Gasteiger partial charge in [0, 0.05) is 23.3 Å². The number of nitrogens with one attached hydrogen (secondary N) is 1. The van der Waals surface area contributed by atoms with Crippen LogP contribution in [0.5, 0.6) is 5.75 Å². The Hall–Kier alpha value is -1.62. The van der Waals surface area contributed by atoms with Gasteiger partial charge in [-0.2, -0.15) is 0 Å². The second-order valence-electron chi connectivity index (χ2n) is 2.91. The Kier molecular flexibility index (Phi) is 3.14. The highest BCUT2D eigenvalue weighted by Gasteiger charge is 1.98. The first-order chi connectivity index (χ1) is 7.38. The number of rotatable bonds is 4. The molecular formula is C10H11N3OS. The molecule has 2 rings (SSSR count). The van der Waals surface area contributed by atoms with E-state index < -0.39 is 0 Å². The van der Waals surface area contributed by atoms with Crippen molar-refractivity contribution in [3.8, 4) is 5.75 Å². The molecule has 0 radical (unpaired) electrons. The third-order valence-electron chi connectivity index (χ3n) is 1.90. The van der Waals surface area contributed by atoms with Crippen molar-refractivity contribution < 1.29 is 4.74 Å². The van der Waals surface area contributed by atoms with E-state index in [4.69, 9.17) is 4.74 Å². The number of nitrogens with zero attached hydrogens (tertiary/aromatic N) is 2. The summed E-state index contributed by atoms with van der Waals surface area (Å²) >= 11 is 1.48. The molecule has 0 spiro atoms. The topological polar surface area (TPSA) is 47.0 Å². The predicted octanol–water partition coefficient (Wildman–Crippen LogP) is 2.16. The monoisotopic (exact) mass is 221 g/mol. The van der Waals surface area contributed by atoms with Gasteiger partial charge < -0.3 is 10.1 Å². The maximum absolute atomic E-state index is 5.10. The molecule has 2 heterocycles. The second kappa shape index (κ2) is 4.75. The highest BCUT2D eigenvalue weighted by molar-refractivity contribution is 7.05. The molecular weight excluding hydrogens is 210 g/mol. The minimum atomic E-state index is 0.741. The predicted molar refractivity (Wildman–Crippen MR) is 60.2 cm³/mol. The summed E-state index contributed by atoms with van der Waals surface area (Å²) in [6, 6.07) is 5.66. The van der Waals surface area contributed by atoms with Crippen LogP contribution in [0, 0.1) is 0 Å². The Morgan fingerprint density at radius 2 is 2.33 bits per heavy atom. The summed E-state index contributed by atoms with van der Waals surface area (Å²) in [7, 11) is 1.64. The standard InChI is InChI=1S/C10H11N3OS/c1-14-8-2-4-11-10(6-8)12-7-9-3-5-13-15-9/h2-6H,7H2,1H3,(H,11,12). The Balaban J connectivity index is 1.98. The van der Waals surface area contributed by atoms with Gasteiger partial charge in [-0.25, -0.2) is 9.36 Å². The van der Waals surface area contributed by atoms with Crippen LogP contribution in [0.3, 0.4) is 0 Å². The van der Waals surface area contributed by atoms with Crippen molar-refractivity contribution in [2.45, 2.75) is 6.54 Å². The molecule has 1 N–H and O–H groups in total. The van der Waals surface area contributed by atoms with Crippen LogP contribution in [0.4, 0.5) is 5.82 Å². The molecule has 0 fully saturated rings. The quantitative estimate of drug-likeness (QED) is 0.859. The first kappa shape index (κ1) is 9.92. The largest absolute Gasteiger partial charge is 0.497 e. The lowest BCUT2D eigenvalue weighted by Gasteiger charge is -2.04. The molecule has 78 valence electrons. The number of ether oxygens (including phenoxy) is 1. The maximum Gasteiger partial charge on any atom is 0.129 e. The maximum atomic E-state index is 5.10. The zero-order valence-corrected chi connectivity index (χ0v) is 9.12. The highest BCUT2D eigenvalue weighted by atomic mass is 32.1. The van der Waals surface area contributed by atoms with Crippen LogP contribution in [0.1, 0.15) is 4.88 Å². The highest BCUT2D eigenvalue weighted by Crippen LogP contribution is 2.15. The lowest BCUT2D eigenvalue weighted by Crippen LogP contribution is -1.99. The summed E-state index contributed by atoms with van der Waals surface area (Å²) in [5.74, 6) is 1.61. The summed E-state index contributed by atoms with van der Waals surface area (Å²) < 4.78 is 9.13. The zero-order chi connectivity index (χ0) is 10.5. The third kappa shape index (κ3) is 2.66. The number of hydrogen-bond acceptors (Lipinski definition) is 5. The van der Waals surface area contributed by atoms with E-state index in [1.54, 1.807) is 19.5 Å². The summed E-state index contributed by atoms with van der Waals surface area (Å²) in [6.07, 6.45) is 3.51. The van der Waals surface area contributed by atoms with E-state index in [1.807, 2.05) is 18.2 Å². The van der Waals surface area contributed by atoms with Crippen LogP contribution in [0.2, 0.25) is 0 Å². The number of pyridine rings is 1. The molecule has 0 atom stereocenters. The minimum absolute atomic E-state index is 0.741. The SMILES string of the molecule is COc1ccnc(NCc2ccns2)c1. The van der Waals surface area contributed by atoms with Crippen LogP contribution >= 0.6 is 11.5 Å². The number of anilines is 1. The van der Waals surface area contributed by atoms with Gasteiger partial charge >= 0.3 is 0 Å². The van der Waals surface area contributed by atoms with Crippen molar-refractivity contribution in [3.05, 3.63) is 35.5 Å². The van der Waals surface area contributed by atoms with E-state index in [9.17, 15) is 0 Å². The first-order valence-corrected chi connectivity index (χ1v) is 5.29. The van der Waals surface area contributed by atoms with Crippen LogP contribution in [-0.2, 0) is 6.54 Å². The van der Waals surface area contributed by atoms with Gasteiger partial charge in [-0.1, -0.05) is 0 Å². The fourth-order valence-corrected chi connectivity index (χ4v) is 1.66. The van der Waals surface area contributed by atoms with E-state index in [1.165, 1.54) is 16.4 Å². The van der Waals surface area contributed by atoms with Crippen LogP contribution in [0.25, 0.3) is 0 Å². The Morgan fingerprint density at radius 3 is 3.07 bits per heavy atom. The van der Waals surface area contributed by atoms with E-state index in [0.717, 1.165) is 18.1 Å². The molecule has 4 nitrogen and oxygen atoms in total. The van der Waals surface area contributed by atoms with Crippen molar-refractivity contribution >= 4 is 17.4 Å². The minimum Gasteiger partial charge on any atom is -0.497 e. The van der Waals surface area contributed by atoms with Crippen LogP contribution in [0.15, 0.2) is 30.6 Å². The average Bonchev–Trinajstić information content (AvgIpc) is 2.79. The molecule has 2 aromatic heterocycles. The average molecular weight is 221 g/mol. The fraction of sp³-hybridized carbons (Fsp3) is 0.200. The van der Waals surface area contributed by atoms with Crippen molar-refractivity contribution in [1.82, 2.24) is 9.36 Å². The Bertz CT molecular complexity index is 416. The second-order valence-corrected chi connectivity index (χ2v) is 3.83. The third-order valence-corrected chi connectivity index (χ3v) is 2.64. The molecule has 0 bridgehead atoms. The molecule has 2 aromatic rings. The van der Waals surface area contributed by atoms with Crippen molar-refractivity contribution in [1.29, 1.82) is 0 Å². The van der Waals surface area contributed by atoms with Gasteiger partial charge in [-0.15, -0.1) is 0 Å². The zero-order valence-electron chi connectivity index (χ0n) is 8.30. The molecule has 0 unspecified atom stereocenters. The molecule has 0 aromatic carbocycles. The van der Waals surface area contributed by atoms with Crippen LogP contribution < -0.4 is 10.1 Å². The number of aromatic nitrogens is 2. The summed E-state index contributed by atoms with van der Waals surface area (Å²) in [5, 5.41) is 3.20. The molecule has 0 aliphatic heterocycles. The van der Waals surface area contributed by atoms with Gasteiger partial charge in [0.1, 0.15) is 11.6 Å². The smallest absolute Gasteiger partial charge is 0.129 e. The molecule has 5 heteroatoms. The Morgan fingerprint density at radius 1 is 1.40 bits per heavy atom. The summed E-state index contributed by atoms with van der Waals surface area (Å²) in [4.78, 5) is 5.36. The molecule has 0 aliphatic carbocycles. The van der Waals surface area contributed by atoms with Gasteiger partial charge in [-0.3, -0.25) is 0 Å². The molecule has 0 aliphatic rings. The van der Waals surface area contributed by atoms with Gasteiger partial charge in [0.15, 0.2) is 0 Å². The van der Waals surface area contributed by atoms with E-state index in [2.05, 4.69) is 14.7 Å². The van der Waals surface area contributed by atoms with Gasteiger partial charge in [0.05, 0.1) is 13.7 Å². The summed E-state index contributed by atoms with van der Waals surface area (Å²) in [5.41, 5.74) is 0. The Labute approximate surface area is 92.1 Å². The molecule has 15 heavy (non-hydrogen) atoms. The number of methoxy groups -OCH3 is 1. The van der Waals surface area contributed by atoms with Crippen molar-refractivity contribution in [2.24, 2.45) is 0 Å². The normalized spacial score (nSPS) is 9.93. The molecule has 0 saturated heterocycles. The van der Waals surface area contributed by atoms with Crippen molar-refractivity contribution in [3.63, 3.8) is 0 Å². The van der Waals surface area contributed by atoms with Gasteiger partial charge in [-0.05, 0) is 23.7 Å². The molecule has 0 saturated carbocycles.